The Bertz CT molecular complexity index is 728. The number of likely N-dealkylation sites (tertiary alicyclic amines) is 1. The maximum atomic E-state index is 13.7. The summed E-state index contributed by atoms with van der Waals surface area (Å²) in [7, 11) is 1.67. The fourth-order valence-electron chi connectivity index (χ4n) is 2.44. The van der Waals surface area contributed by atoms with Crippen LogP contribution in [0.15, 0.2) is 36.7 Å². The van der Waals surface area contributed by atoms with E-state index in [1.54, 1.807) is 25.2 Å². The summed E-state index contributed by atoms with van der Waals surface area (Å²) in [4.78, 5) is 25.1. The van der Waals surface area contributed by atoms with E-state index in [1.807, 2.05) is 0 Å². The highest BCUT2D eigenvalue weighted by Gasteiger charge is 2.32. The SMILES string of the molecule is CN1CC(C(=O)Nc2cnn(-c3ccccc3F)c2)CC1=O. The molecular formula is C15H15FN4O2. The van der Waals surface area contributed by atoms with Crippen LogP contribution in [0.1, 0.15) is 6.42 Å². The zero-order valence-corrected chi connectivity index (χ0v) is 12.0. The largest absolute Gasteiger partial charge is 0.345 e. The molecule has 1 unspecified atom stereocenters. The summed E-state index contributed by atoms with van der Waals surface area (Å²) in [5, 5.41) is 6.75. The summed E-state index contributed by atoms with van der Waals surface area (Å²) in [6, 6.07) is 6.24. The monoisotopic (exact) mass is 302 g/mol. The van der Waals surface area contributed by atoms with Crippen molar-refractivity contribution >= 4 is 17.5 Å². The van der Waals surface area contributed by atoms with Crippen molar-refractivity contribution in [2.24, 2.45) is 5.92 Å². The Morgan fingerprint density at radius 1 is 1.41 bits per heavy atom. The third kappa shape index (κ3) is 2.69. The maximum Gasteiger partial charge on any atom is 0.229 e. The molecule has 2 amide bonds. The van der Waals surface area contributed by atoms with Crippen LogP contribution in [0.3, 0.4) is 0 Å². The zero-order chi connectivity index (χ0) is 15.7. The number of benzene rings is 1. The summed E-state index contributed by atoms with van der Waals surface area (Å²) in [5.41, 5.74) is 0.772. The topological polar surface area (TPSA) is 67.2 Å². The van der Waals surface area contributed by atoms with Crippen LogP contribution < -0.4 is 5.32 Å². The zero-order valence-electron chi connectivity index (χ0n) is 12.0. The van der Waals surface area contributed by atoms with Gasteiger partial charge in [-0.15, -0.1) is 0 Å². The highest BCUT2D eigenvalue weighted by Crippen LogP contribution is 2.19. The first-order valence-electron chi connectivity index (χ1n) is 6.89. The number of rotatable bonds is 3. The molecule has 1 aliphatic heterocycles. The second-order valence-corrected chi connectivity index (χ2v) is 5.29. The molecule has 1 N–H and O–H groups in total. The summed E-state index contributed by atoms with van der Waals surface area (Å²) in [5.74, 6) is -1.03. The van der Waals surface area contributed by atoms with Crippen molar-refractivity contribution in [3.8, 4) is 5.69 Å². The maximum absolute atomic E-state index is 13.7. The first-order valence-corrected chi connectivity index (χ1v) is 6.89. The second-order valence-electron chi connectivity index (χ2n) is 5.29. The van der Waals surface area contributed by atoms with Crippen molar-refractivity contribution in [1.29, 1.82) is 0 Å². The number of amides is 2. The molecule has 1 aliphatic rings. The minimum absolute atomic E-state index is 0.0396. The van der Waals surface area contributed by atoms with E-state index in [9.17, 15) is 14.0 Å². The van der Waals surface area contributed by atoms with Crippen molar-refractivity contribution in [2.75, 3.05) is 18.9 Å². The van der Waals surface area contributed by atoms with Gasteiger partial charge in [0, 0.05) is 20.0 Å². The molecular weight excluding hydrogens is 287 g/mol. The number of nitrogens with zero attached hydrogens (tertiary/aromatic N) is 3. The first kappa shape index (κ1) is 14.2. The van der Waals surface area contributed by atoms with Crippen LogP contribution in [-0.4, -0.2) is 40.1 Å². The Labute approximate surface area is 126 Å². The van der Waals surface area contributed by atoms with E-state index >= 15 is 0 Å². The molecule has 7 heteroatoms. The molecule has 1 atom stereocenters. The number of halogens is 1. The number of hydrogen-bond donors (Lipinski definition) is 1. The van der Waals surface area contributed by atoms with Gasteiger partial charge in [0.1, 0.15) is 11.5 Å². The minimum atomic E-state index is -0.397. The van der Waals surface area contributed by atoms with Gasteiger partial charge in [0.05, 0.1) is 24.0 Å². The van der Waals surface area contributed by atoms with Crippen LogP contribution in [-0.2, 0) is 9.59 Å². The van der Waals surface area contributed by atoms with Crippen molar-refractivity contribution in [3.63, 3.8) is 0 Å². The van der Waals surface area contributed by atoms with Crippen LogP contribution in [0.4, 0.5) is 10.1 Å². The summed E-state index contributed by atoms with van der Waals surface area (Å²) < 4.78 is 15.0. The number of hydrogen-bond acceptors (Lipinski definition) is 3. The van der Waals surface area contributed by atoms with Gasteiger partial charge in [0.25, 0.3) is 0 Å². The third-order valence-electron chi connectivity index (χ3n) is 3.66. The second kappa shape index (κ2) is 5.59. The predicted octanol–water partition coefficient (Wildman–Crippen LogP) is 1.43. The van der Waals surface area contributed by atoms with Crippen molar-refractivity contribution < 1.29 is 14.0 Å². The standard InChI is InChI=1S/C15H15FN4O2/c1-19-8-10(6-14(19)21)15(22)18-11-7-17-20(9-11)13-5-3-2-4-12(13)16/h2-5,7,9-10H,6,8H2,1H3,(H,18,22). The quantitative estimate of drug-likeness (QED) is 0.932. The average Bonchev–Trinajstić information content (AvgIpc) is 3.07. The number of para-hydroxylation sites is 1. The number of carbonyl (C=O) groups excluding carboxylic acids is 2. The molecule has 22 heavy (non-hydrogen) atoms. The molecule has 0 radical (unpaired) electrons. The molecule has 0 aliphatic carbocycles. The molecule has 114 valence electrons. The lowest BCUT2D eigenvalue weighted by Gasteiger charge is -2.09. The molecule has 6 nitrogen and oxygen atoms in total. The first-order chi connectivity index (χ1) is 10.5. The lowest BCUT2D eigenvalue weighted by atomic mass is 10.1. The van der Waals surface area contributed by atoms with Crippen molar-refractivity contribution in [3.05, 3.63) is 42.5 Å². The molecule has 3 rings (SSSR count). The summed E-state index contributed by atoms with van der Waals surface area (Å²) in [6.07, 6.45) is 3.20. The number of carbonyl (C=O) groups is 2. The van der Waals surface area contributed by atoms with E-state index in [1.165, 1.54) is 28.0 Å². The molecule has 1 fully saturated rings. The predicted molar refractivity (Wildman–Crippen MR) is 77.9 cm³/mol. The Balaban J connectivity index is 1.71. The van der Waals surface area contributed by atoms with Gasteiger partial charge in [-0.1, -0.05) is 12.1 Å². The molecule has 1 saturated heterocycles. The van der Waals surface area contributed by atoms with Crippen molar-refractivity contribution in [2.45, 2.75) is 6.42 Å². The Hall–Kier alpha value is -2.70. The molecule has 0 spiro atoms. The van der Waals surface area contributed by atoms with Gasteiger partial charge in [0.2, 0.25) is 11.8 Å². The van der Waals surface area contributed by atoms with Crippen LogP contribution in [0, 0.1) is 11.7 Å². The average molecular weight is 302 g/mol. The molecule has 1 aromatic heterocycles. The van der Waals surface area contributed by atoms with Crippen LogP contribution in [0.5, 0.6) is 0 Å². The number of nitrogens with one attached hydrogen (secondary N) is 1. The Kier molecular flexibility index (Phi) is 3.62. The molecule has 1 aromatic carbocycles. The summed E-state index contributed by atoms with van der Waals surface area (Å²) in [6.45, 7) is 0.409. The Morgan fingerprint density at radius 2 is 2.18 bits per heavy atom. The fourth-order valence-corrected chi connectivity index (χ4v) is 2.44. The van der Waals surface area contributed by atoms with Gasteiger partial charge in [0.15, 0.2) is 0 Å². The van der Waals surface area contributed by atoms with Crippen LogP contribution in [0.25, 0.3) is 5.69 Å². The van der Waals surface area contributed by atoms with E-state index in [-0.39, 0.29) is 24.2 Å². The van der Waals surface area contributed by atoms with Crippen LogP contribution >= 0.6 is 0 Å². The number of anilines is 1. The van der Waals surface area contributed by atoms with Gasteiger partial charge in [-0.25, -0.2) is 9.07 Å². The van der Waals surface area contributed by atoms with Gasteiger partial charge >= 0.3 is 0 Å². The fraction of sp³-hybridized carbons (Fsp3) is 0.267. The third-order valence-corrected chi connectivity index (χ3v) is 3.66. The van der Waals surface area contributed by atoms with E-state index in [0.29, 0.717) is 17.9 Å². The minimum Gasteiger partial charge on any atom is -0.345 e. The lowest BCUT2D eigenvalue weighted by molar-refractivity contribution is -0.127. The molecule has 2 heterocycles. The lowest BCUT2D eigenvalue weighted by Crippen LogP contribution is -2.25. The van der Waals surface area contributed by atoms with E-state index < -0.39 is 5.82 Å². The van der Waals surface area contributed by atoms with Gasteiger partial charge in [-0.3, -0.25) is 9.59 Å². The van der Waals surface area contributed by atoms with Gasteiger partial charge in [-0.05, 0) is 12.1 Å². The van der Waals surface area contributed by atoms with Crippen LogP contribution in [0.2, 0.25) is 0 Å². The van der Waals surface area contributed by atoms with Gasteiger partial charge < -0.3 is 10.2 Å². The van der Waals surface area contributed by atoms with E-state index in [2.05, 4.69) is 10.4 Å². The van der Waals surface area contributed by atoms with E-state index in [0.717, 1.165) is 0 Å². The molecule has 0 bridgehead atoms. The number of aromatic nitrogens is 2. The van der Waals surface area contributed by atoms with Crippen molar-refractivity contribution in [1.82, 2.24) is 14.7 Å². The normalized spacial score (nSPS) is 17.8. The molecule has 2 aromatic rings. The van der Waals surface area contributed by atoms with E-state index in [4.69, 9.17) is 0 Å². The highest BCUT2D eigenvalue weighted by molar-refractivity contribution is 5.96. The summed E-state index contributed by atoms with van der Waals surface area (Å²) >= 11 is 0. The molecule has 0 saturated carbocycles. The highest BCUT2D eigenvalue weighted by atomic mass is 19.1. The van der Waals surface area contributed by atoms with Gasteiger partial charge in [-0.2, -0.15) is 5.10 Å². The smallest absolute Gasteiger partial charge is 0.229 e. The Morgan fingerprint density at radius 3 is 2.86 bits per heavy atom.